The van der Waals surface area contributed by atoms with Crippen LogP contribution in [0.25, 0.3) is 11.0 Å². The third-order valence-corrected chi connectivity index (χ3v) is 4.59. The maximum Gasteiger partial charge on any atom is 0.375 e. The Kier molecular flexibility index (Phi) is 6.20. The average Bonchev–Trinajstić information content (AvgIpc) is 3.04. The van der Waals surface area contributed by atoms with Crippen molar-refractivity contribution in [1.29, 1.82) is 0 Å². The molecular weight excluding hydrogens is 386 g/mol. The second-order valence-electron chi connectivity index (χ2n) is 6.82. The van der Waals surface area contributed by atoms with Gasteiger partial charge in [0, 0.05) is 22.2 Å². The van der Waals surface area contributed by atoms with Crippen LogP contribution < -0.4 is 10.1 Å². The molecule has 156 valence electrons. The van der Waals surface area contributed by atoms with Gasteiger partial charge in [0.1, 0.15) is 11.3 Å². The summed E-state index contributed by atoms with van der Waals surface area (Å²) in [5.74, 6) is -0.650. The van der Waals surface area contributed by atoms with E-state index in [0.29, 0.717) is 34.8 Å². The summed E-state index contributed by atoms with van der Waals surface area (Å²) in [7, 11) is 0. The van der Waals surface area contributed by atoms with Crippen LogP contribution in [0.15, 0.2) is 46.9 Å². The number of benzene rings is 2. The van der Waals surface area contributed by atoms with Crippen molar-refractivity contribution < 1.29 is 28.3 Å². The zero-order valence-electron chi connectivity index (χ0n) is 17.3. The highest BCUT2D eigenvalue weighted by molar-refractivity contribution is 6.00. The Bertz CT molecular complexity index is 1110. The van der Waals surface area contributed by atoms with E-state index in [9.17, 15) is 14.4 Å². The molecule has 7 heteroatoms. The molecule has 0 saturated carbocycles. The van der Waals surface area contributed by atoms with Gasteiger partial charge in [-0.05, 0) is 58.0 Å². The Morgan fingerprint density at radius 1 is 1.13 bits per heavy atom. The van der Waals surface area contributed by atoms with Gasteiger partial charge in [-0.3, -0.25) is 9.59 Å². The van der Waals surface area contributed by atoms with Gasteiger partial charge in [0.2, 0.25) is 5.76 Å². The van der Waals surface area contributed by atoms with Gasteiger partial charge in [-0.1, -0.05) is 12.1 Å². The molecule has 0 radical (unpaired) electrons. The lowest BCUT2D eigenvalue weighted by molar-refractivity contribution is -0.123. The molecule has 0 spiro atoms. The van der Waals surface area contributed by atoms with E-state index >= 15 is 0 Å². The van der Waals surface area contributed by atoms with Gasteiger partial charge in [-0.25, -0.2) is 4.79 Å². The van der Waals surface area contributed by atoms with E-state index in [1.807, 2.05) is 6.92 Å². The summed E-state index contributed by atoms with van der Waals surface area (Å²) >= 11 is 0. The number of rotatable bonds is 7. The van der Waals surface area contributed by atoms with E-state index in [0.717, 1.165) is 5.39 Å². The first-order chi connectivity index (χ1) is 14.3. The Balaban J connectivity index is 1.72. The SMILES string of the molecule is CCOc1ccc2oc(C(=O)O[C@H](C)C(=O)Nc3cccc(C(C)=O)c3)c(C)c2c1. The molecule has 30 heavy (non-hydrogen) atoms. The van der Waals surface area contributed by atoms with Gasteiger partial charge >= 0.3 is 5.97 Å². The third-order valence-electron chi connectivity index (χ3n) is 4.59. The molecule has 0 bridgehead atoms. The minimum Gasteiger partial charge on any atom is -0.494 e. The smallest absolute Gasteiger partial charge is 0.375 e. The summed E-state index contributed by atoms with van der Waals surface area (Å²) in [5, 5.41) is 3.38. The van der Waals surface area contributed by atoms with E-state index in [1.54, 1.807) is 49.4 Å². The summed E-state index contributed by atoms with van der Waals surface area (Å²) in [6.45, 7) is 7.07. The van der Waals surface area contributed by atoms with Gasteiger partial charge < -0.3 is 19.2 Å². The maximum absolute atomic E-state index is 12.6. The molecule has 1 atom stereocenters. The summed E-state index contributed by atoms with van der Waals surface area (Å²) in [6, 6.07) is 11.8. The van der Waals surface area contributed by atoms with Crippen LogP contribution >= 0.6 is 0 Å². The Hall–Kier alpha value is -3.61. The predicted octanol–water partition coefficient (Wildman–Crippen LogP) is 4.53. The molecule has 2 aromatic carbocycles. The molecule has 7 nitrogen and oxygen atoms in total. The number of carbonyl (C=O) groups is 3. The van der Waals surface area contributed by atoms with E-state index in [2.05, 4.69) is 5.32 Å². The maximum atomic E-state index is 12.6. The number of hydrogen-bond acceptors (Lipinski definition) is 6. The van der Waals surface area contributed by atoms with Crippen molar-refractivity contribution in [2.45, 2.75) is 33.8 Å². The second kappa shape index (κ2) is 8.82. The molecule has 0 aliphatic heterocycles. The van der Waals surface area contributed by atoms with Crippen LogP contribution in [0.3, 0.4) is 0 Å². The Labute approximate surface area is 174 Å². The van der Waals surface area contributed by atoms with Crippen molar-refractivity contribution >= 4 is 34.3 Å². The molecule has 0 aliphatic carbocycles. The second-order valence-corrected chi connectivity index (χ2v) is 6.82. The van der Waals surface area contributed by atoms with Crippen LogP contribution in [0, 0.1) is 6.92 Å². The Morgan fingerprint density at radius 3 is 2.60 bits per heavy atom. The molecule has 3 rings (SSSR count). The van der Waals surface area contributed by atoms with Crippen LogP contribution in [-0.4, -0.2) is 30.4 Å². The van der Waals surface area contributed by atoms with E-state index in [4.69, 9.17) is 13.9 Å². The van der Waals surface area contributed by atoms with Crippen molar-refractivity contribution in [1.82, 2.24) is 0 Å². The highest BCUT2D eigenvalue weighted by atomic mass is 16.6. The van der Waals surface area contributed by atoms with Crippen LogP contribution in [0.2, 0.25) is 0 Å². The lowest BCUT2D eigenvalue weighted by Crippen LogP contribution is -2.30. The predicted molar refractivity (Wildman–Crippen MR) is 112 cm³/mol. The van der Waals surface area contributed by atoms with E-state index in [1.165, 1.54) is 13.8 Å². The van der Waals surface area contributed by atoms with Gasteiger partial charge in [0.25, 0.3) is 5.91 Å². The minimum atomic E-state index is -1.06. The van der Waals surface area contributed by atoms with E-state index < -0.39 is 18.0 Å². The fourth-order valence-electron chi connectivity index (χ4n) is 2.98. The highest BCUT2D eigenvalue weighted by Crippen LogP contribution is 2.29. The number of aryl methyl sites for hydroxylation is 1. The van der Waals surface area contributed by atoms with Gasteiger partial charge in [-0.15, -0.1) is 0 Å². The van der Waals surface area contributed by atoms with Crippen LogP contribution in [0.4, 0.5) is 5.69 Å². The number of ether oxygens (including phenoxy) is 2. The number of fused-ring (bicyclic) bond motifs is 1. The molecule has 0 fully saturated rings. The topological polar surface area (TPSA) is 94.8 Å². The largest absolute Gasteiger partial charge is 0.494 e. The van der Waals surface area contributed by atoms with Crippen molar-refractivity contribution in [2.24, 2.45) is 0 Å². The number of amides is 1. The molecule has 1 amide bonds. The normalized spacial score (nSPS) is 11.7. The number of esters is 1. The minimum absolute atomic E-state index is 0.0388. The average molecular weight is 409 g/mol. The lowest BCUT2D eigenvalue weighted by Gasteiger charge is -2.13. The number of furan rings is 1. The number of anilines is 1. The van der Waals surface area contributed by atoms with E-state index in [-0.39, 0.29) is 11.5 Å². The highest BCUT2D eigenvalue weighted by Gasteiger charge is 2.24. The molecule has 0 saturated heterocycles. The number of carbonyl (C=O) groups excluding carboxylic acids is 3. The summed E-state index contributed by atoms with van der Waals surface area (Å²) < 4.78 is 16.4. The molecule has 1 aromatic heterocycles. The molecule has 3 aromatic rings. The molecule has 1 N–H and O–H groups in total. The fourth-order valence-corrected chi connectivity index (χ4v) is 2.98. The van der Waals surface area contributed by atoms with Crippen LogP contribution in [-0.2, 0) is 9.53 Å². The first kappa shape index (κ1) is 21.1. The quantitative estimate of drug-likeness (QED) is 0.455. The molecule has 1 heterocycles. The molecule has 0 aliphatic rings. The van der Waals surface area contributed by atoms with Gasteiger partial charge in [0.05, 0.1) is 6.61 Å². The lowest BCUT2D eigenvalue weighted by atomic mass is 10.1. The summed E-state index contributed by atoms with van der Waals surface area (Å²) in [5.41, 5.74) is 2.06. The standard InChI is InChI=1S/C23H23NO6/c1-5-28-18-9-10-20-19(12-18)13(2)21(30-20)23(27)29-15(4)22(26)24-17-8-6-7-16(11-17)14(3)25/h6-12,15H,5H2,1-4H3,(H,24,26)/t15-/m1/s1. The number of hydrogen-bond donors (Lipinski definition) is 1. The van der Waals surface area contributed by atoms with Crippen LogP contribution in [0.1, 0.15) is 47.2 Å². The zero-order chi connectivity index (χ0) is 21.8. The number of Topliss-reactive ketones (excluding diaryl/α,β-unsaturated/α-hetero) is 1. The number of nitrogens with one attached hydrogen (secondary N) is 1. The molecule has 0 unspecified atom stereocenters. The fraction of sp³-hybridized carbons (Fsp3) is 0.261. The van der Waals surface area contributed by atoms with Gasteiger partial charge in [0.15, 0.2) is 11.9 Å². The summed E-state index contributed by atoms with van der Waals surface area (Å²) in [6.07, 6.45) is -1.06. The van der Waals surface area contributed by atoms with Crippen molar-refractivity contribution in [2.75, 3.05) is 11.9 Å². The number of ketones is 1. The van der Waals surface area contributed by atoms with Gasteiger partial charge in [-0.2, -0.15) is 0 Å². The van der Waals surface area contributed by atoms with Crippen molar-refractivity contribution in [3.05, 3.63) is 59.4 Å². The van der Waals surface area contributed by atoms with Crippen molar-refractivity contribution in [3.63, 3.8) is 0 Å². The third kappa shape index (κ3) is 4.51. The van der Waals surface area contributed by atoms with Crippen molar-refractivity contribution in [3.8, 4) is 5.75 Å². The monoisotopic (exact) mass is 409 g/mol. The van der Waals surface area contributed by atoms with Crippen LogP contribution in [0.5, 0.6) is 5.75 Å². The first-order valence-electron chi connectivity index (χ1n) is 9.59. The first-order valence-corrected chi connectivity index (χ1v) is 9.59. The molecular formula is C23H23NO6. The zero-order valence-corrected chi connectivity index (χ0v) is 17.3. The summed E-state index contributed by atoms with van der Waals surface area (Å²) in [4.78, 5) is 36.5. The Morgan fingerprint density at radius 2 is 1.90 bits per heavy atom.